The molecule has 0 aromatic heterocycles. The fraction of sp³-hybridized carbons (Fsp3) is 0.778. The number of hydrogen-bond acceptors (Lipinski definition) is 3. The van der Waals surface area contributed by atoms with Crippen LogP contribution in [0.25, 0.3) is 0 Å². The number of allylic oxidation sites excluding steroid dienone is 1. The van der Waals surface area contributed by atoms with E-state index < -0.39 is 23.5 Å². The topological polar surface area (TPSA) is 75.6 Å². The van der Waals surface area contributed by atoms with E-state index in [1.165, 1.54) is 6.42 Å². The lowest BCUT2D eigenvalue weighted by Crippen LogP contribution is -2.50. The lowest BCUT2D eigenvalue weighted by Gasteiger charge is -2.29. The summed E-state index contributed by atoms with van der Waals surface area (Å²) in [5, 5.41) is 11.9. The maximum atomic E-state index is 12.2. The van der Waals surface area contributed by atoms with Gasteiger partial charge in [0.25, 0.3) is 0 Å². The van der Waals surface area contributed by atoms with Crippen molar-refractivity contribution < 1.29 is 19.4 Å². The largest absolute Gasteiger partial charge is 0.480 e. The standard InChI is InChI=1S/C18H27NO4/c1-5-6-11-9-18(11)12-7-10(12)8-13(18)23-16(22)19-14(15(20)21)17(2,3)4/h5,10-14H,1,6-9H2,2-4H3,(H,19,22)(H,20,21)/t10-,11+,12-,13+,14+,18?/m0/s1. The Labute approximate surface area is 137 Å². The van der Waals surface area contributed by atoms with E-state index in [0.717, 1.165) is 19.3 Å². The van der Waals surface area contributed by atoms with E-state index in [4.69, 9.17) is 4.74 Å². The first-order valence-corrected chi connectivity index (χ1v) is 8.51. The van der Waals surface area contributed by atoms with Crippen LogP contribution in [0.4, 0.5) is 4.79 Å². The van der Waals surface area contributed by atoms with Gasteiger partial charge in [-0.1, -0.05) is 26.8 Å². The van der Waals surface area contributed by atoms with Crippen LogP contribution in [0.5, 0.6) is 0 Å². The summed E-state index contributed by atoms with van der Waals surface area (Å²) < 4.78 is 5.69. The number of carboxylic acids is 1. The summed E-state index contributed by atoms with van der Waals surface area (Å²) in [5.74, 6) is 0.936. The second kappa shape index (κ2) is 5.25. The Bertz CT molecular complexity index is 538. The highest BCUT2D eigenvalue weighted by Crippen LogP contribution is 2.77. The monoisotopic (exact) mass is 321 g/mol. The number of alkyl carbamates (subject to hydrolysis) is 1. The number of carbonyl (C=O) groups is 2. The molecular formula is C18H27NO4. The van der Waals surface area contributed by atoms with Crippen molar-refractivity contribution in [2.24, 2.45) is 28.6 Å². The fourth-order valence-electron chi connectivity index (χ4n) is 4.71. The molecule has 0 aromatic rings. The summed E-state index contributed by atoms with van der Waals surface area (Å²) in [6.45, 7) is 9.19. The fourth-order valence-corrected chi connectivity index (χ4v) is 4.71. The lowest BCUT2D eigenvalue weighted by atomic mass is 9.87. The van der Waals surface area contributed by atoms with Crippen LogP contribution in [0.2, 0.25) is 0 Å². The van der Waals surface area contributed by atoms with Crippen LogP contribution in [-0.2, 0) is 9.53 Å². The molecular weight excluding hydrogens is 294 g/mol. The third-order valence-electron chi connectivity index (χ3n) is 6.00. The molecule has 0 aromatic carbocycles. The van der Waals surface area contributed by atoms with E-state index in [-0.39, 0.29) is 11.5 Å². The summed E-state index contributed by atoms with van der Waals surface area (Å²) in [7, 11) is 0. The first kappa shape index (κ1) is 16.3. The smallest absolute Gasteiger partial charge is 0.408 e. The zero-order valence-electron chi connectivity index (χ0n) is 14.2. The van der Waals surface area contributed by atoms with Gasteiger partial charge in [0.2, 0.25) is 0 Å². The van der Waals surface area contributed by atoms with E-state index in [9.17, 15) is 14.7 Å². The molecule has 1 amide bonds. The SMILES string of the molecule is C=CC[C@@H]1CC12[C@H](OC(=O)N[C@H](C(=O)O)C(C)(C)C)C[C@@H]1C[C@@H]12. The highest BCUT2D eigenvalue weighted by atomic mass is 16.6. The van der Waals surface area contributed by atoms with Crippen molar-refractivity contribution in [1.29, 1.82) is 0 Å². The van der Waals surface area contributed by atoms with Gasteiger partial charge in [0, 0.05) is 5.41 Å². The molecule has 0 saturated heterocycles. The van der Waals surface area contributed by atoms with E-state index >= 15 is 0 Å². The van der Waals surface area contributed by atoms with Crippen molar-refractivity contribution in [3.8, 4) is 0 Å². The number of carbonyl (C=O) groups excluding carboxylic acids is 1. The number of hydrogen-bond donors (Lipinski definition) is 2. The Kier molecular flexibility index (Phi) is 3.73. The van der Waals surface area contributed by atoms with Crippen molar-refractivity contribution in [3.63, 3.8) is 0 Å². The van der Waals surface area contributed by atoms with Crippen LogP contribution in [-0.4, -0.2) is 29.3 Å². The highest BCUT2D eigenvalue weighted by Gasteiger charge is 2.74. The summed E-state index contributed by atoms with van der Waals surface area (Å²) in [6, 6.07) is -0.954. The summed E-state index contributed by atoms with van der Waals surface area (Å²) >= 11 is 0. The Morgan fingerprint density at radius 3 is 2.70 bits per heavy atom. The molecule has 6 atom stereocenters. The molecule has 0 bridgehead atoms. The van der Waals surface area contributed by atoms with Crippen LogP contribution in [0.3, 0.4) is 0 Å². The van der Waals surface area contributed by atoms with Gasteiger partial charge >= 0.3 is 12.1 Å². The minimum Gasteiger partial charge on any atom is -0.480 e. The van der Waals surface area contributed by atoms with E-state index in [2.05, 4.69) is 11.9 Å². The molecule has 23 heavy (non-hydrogen) atoms. The molecule has 1 spiro atoms. The van der Waals surface area contributed by atoms with Crippen molar-refractivity contribution in [1.82, 2.24) is 5.32 Å². The van der Waals surface area contributed by atoms with Gasteiger partial charge in [-0.15, -0.1) is 6.58 Å². The minimum absolute atomic E-state index is 0.0642. The van der Waals surface area contributed by atoms with Gasteiger partial charge in [-0.3, -0.25) is 0 Å². The van der Waals surface area contributed by atoms with Gasteiger partial charge in [0.15, 0.2) is 0 Å². The second-order valence-corrected chi connectivity index (χ2v) is 8.55. The van der Waals surface area contributed by atoms with Crippen LogP contribution >= 0.6 is 0 Å². The first-order chi connectivity index (χ1) is 10.7. The zero-order chi connectivity index (χ0) is 17.0. The molecule has 0 aliphatic heterocycles. The molecule has 1 unspecified atom stereocenters. The first-order valence-electron chi connectivity index (χ1n) is 8.51. The molecule has 3 fully saturated rings. The van der Waals surface area contributed by atoms with Crippen molar-refractivity contribution in [2.75, 3.05) is 0 Å². The van der Waals surface area contributed by atoms with Gasteiger partial charge in [0.1, 0.15) is 12.1 Å². The van der Waals surface area contributed by atoms with Gasteiger partial charge in [0.05, 0.1) is 0 Å². The summed E-state index contributed by atoms with van der Waals surface area (Å²) in [4.78, 5) is 23.6. The summed E-state index contributed by atoms with van der Waals surface area (Å²) in [5.41, 5.74) is -0.415. The average molecular weight is 321 g/mol. The Balaban J connectivity index is 1.62. The number of fused-ring (bicyclic) bond motifs is 2. The van der Waals surface area contributed by atoms with Gasteiger partial charge in [-0.2, -0.15) is 0 Å². The molecule has 2 N–H and O–H groups in total. The predicted molar refractivity (Wildman–Crippen MR) is 85.9 cm³/mol. The van der Waals surface area contributed by atoms with E-state index in [1.807, 2.05) is 6.08 Å². The van der Waals surface area contributed by atoms with Gasteiger partial charge < -0.3 is 15.2 Å². The van der Waals surface area contributed by atoms with Crippen molar-refractivity contribution in [3.05, 3.63) is 12.7 Å². The maximum Gasteiger partial charge on any atom is 0.408 e. The highest BCUT2D eigenvalue weighted by molar-refractivity contribution is 5.80. The maximum absolute atomic E-state index is 12.2. The molecule has 0 heterocycles. The summed E-state index contributed by atoms with van der Waals surface area (Å²) in [6.07, 6.45) is 5.57. The predicted octanol–water partition coefficient (Wildman–Crippen LogP) is 3.20. The van der Waals surface area contributed by atoms with Gasteiger partial charge in [-0.25, -0.2) is 9.59 Å². The average Bonchev–Trinajstić information content (AvgIpc) is 3.28. The Morgan fingerprint density at radius 1 is 1.43 bits per heavy atom. The third-order valence-corrected chi connectivity index (χ3v) is 6.00. The van der Waals surface area contributed by atoms with Crippen LogP contribution < -0.4 is 5.32 Å². The Hall–Kier alpha value is -1.52. The van der Waals surface area contributed by atoms with E-state index in [1.54, 1.807) is 20.8 Å². The Morgan fingerprint density at radius 2 is 2.13 bits per heavy atom. The quantitative estimate of drug-likeness (QED) is 0.762. The molecule has 3 saturated carbocycles. The third kappa shape index (κ3) is 2.74. The molecule has 3 rings (SSSR count). The molecule has 0 radical (unpaired) electrons. The number of rotatable bonds is 5. The van der Waals surface area contributed by atoms with E-state index in [0.29, 0.717) is 17.8 Å². The minimum atomic E-state index is -1.03. The van der Waals surface area contributed by atoms with Crippen LogP contribution in [0, 0.1) is 28.6 Å². The molecule has 3 aliphatic rings. The molecule has 3 aliphatic carbocycles. The zero-order valence-corrected chi connectivity index (χ0v) is 14.2. The van der Waals surface area contributed by atoms with Crippen molar-refractivity contribution >= 4 is 12.1 Å². The molecule has 128 valence electrons. The number of carboxylic acid groups (broad SMARTS) is 1. The molecule has 5 nitrogen and oxygen atoms in total. The van der Waals surface area contributed by atoms with Crippen LogP contribution in [0.15, 0.2) is 12.7 Å². The second-order valence-electron chi connectivity index (χ2n) is 8.55. The number of aliphatic carboxylic acids is 1. The molecule has 5 heteroatoms. The van der Waals surface area contributed by atoms with Crippen LogP contribution in [0.1, 0.15) is 46.5 Å². The van der Waals surface area contributed by atoms with Gasteiger partial charge in [-0.05, 0) is 48.9 Å². The lowest BCUT2D eigenvalue weighted by molar-refractivity contribution is -0.142. The van der Waals surface area contributed by atoms with Crippen molar-refractivity contribution in [2.45, 2.75) is 58.6 Å². The normalized spacial score (nSPS) is 38.6. The number of amides is 1. The number of ether oxygens (including phenoxy) is 1. The number of nitrogens with one attached hydrogen (secondary N) is 1.